The second-order valence-corrected chi connectivity index (χ2v) is 8.75. The molecule has 0 atom stereocenters. The summed E-state index contributed by atoms with van der Waals surface area (Å²) in [5.74, 6) is 0.553. The molecule has 1 saturated heterocycles. The fourth-order valence-electron chi connectivity index (χ4n) is 2.43. The van der Waals surface area contributed by atoms with Gasteiger partial charge >= 0.3 is 0 Å². The molecule has 1 aliphatic heterocycles. The van der Waals surface area contributed by atoms with E-state index in [4.69, 9.17) is 4.98 Å². The Bertz CT molecular complexity index is 555. The van der Waals surface area contributed by atoms with Gasteiger partial charge in [-0.05, 0) is 25.8 Å². The first kappa shape index (κ1) is 16.7. The lowest BCUT2D eigenvalue weighted by atomic mass is 10.3. The number of anilines is 1. The van der Waals surface area contributed by atoms with Crippen molar-refractivity contribution in [2.24, 2.45) is 0 Å². The molecule has 0 spiro atoms. The molecule has 5 nitrogen and oxygen atoms in total. The predicted molar refractivity (Wildman–Crippen MR) is 89.0 cm³/mol. The molecule has 1 fully saturated rings. The quantitative estimate of drug-likeness (QED) is 0.806. The van der Waals surface area contributed by atoms with Gasteiger partial charge in [0.15, 0.2) is 15.0 Å². The van der Waals surface area contributed by atoms with E-state index in [9.17, 15) is 8.42 Å². The van der Waals surface area contributed by atoms with Crippen LogP contribution in [0.25, 0.3) is 0 Å². The zero-order valence-electron chi connectivity index (χ0n) is 12.9. The second-order valence-electron chi connectivity index (χ2n) is 5.39. The first-order chi connectivity index (χ1) is 10.1. The number of hydrogen-bond donors (Lipinski definition) is 1. The van der Waals surface area contributed by atoms with Crippen LogP contribution in [0.3, 0.4) is 0 Å². The van der Waals surface area contributed by atoms with Crippen LogP contribution in [0, 0.1) is 0 Å². The summed E-state index contributed by atoms with van der Waals surface area (Å²) in [5.41, 5.74) is 1.14. The fourth-order valence-corrected chi connectivity index (χ4v) is 4.87. The maximum absolute atomic E-state index is 11.7. The van der Waals surface area contributed by atoms with E-state index in [-0.39, 0.29) is 5.75 Å². The Hall–Kier alpha value is -0.660. The predicted octanol–water partition coefficient (Wildman–Crippen LogP) is 1.83. The minimum atomic E-state index is -2.86. The van der Waals surface area contributed by atoms with E-state index in [1.807, 2.05) is 0 Å². The Morgan fingerprint density at radius 1 is 1.29 bits per heavy atom. The fraction of sp³-hybridized carbons (Fsp3) is 0.786. The van der Waals surface area contributed by atoms with Crippen LogP contribution in [-0.4, -0.2) is 44.5 Å². The highest BCUT2D eigenvalue weighted by Crippen LogP contribution is 2.28. The zero-order valence-corrected chi connectivity index (χ0v) is 14.5. The molecule has 7 heteroatoms. The average molecular weight is 332 g/mol. The normalized spacial score (nSPS) is 18.7. The van der Waals surface area contributed by atoms with Crippen molar-refractivity contribution in [3.8, 4) is 0 Å². The van der Waals surface area contributed by atoms with Gasteiger partial charge in [-0.3, -0.25) is 0 Å². The third kappa shape index (κ3) is 4.66. The summed E-state index contributed by atoms with van der Waals surface area (Å²) in [6.07, 6.45) is 2.75. The van der Waals surface area contributed by atoms with Crippen LogP contribution in [0.2, 0.25) is 0 Å². The van der Waals surface area contributed by atoms with E-state index < -0.39 is 9.84 Å². The van der Waals surface area contributed by atoms with Crippen molar-refractivity contribution in [3.05, 3.63) is 10.6 Å². The van der Waals surface area contributed by atoms with Crippen LogP contribution in [-0.2, 0) is 22.8 Å². The first-order valence-electron chi connectivity index (χ1n) is 7.70. The van der Waals surface area contributed by atoms with E-state index in [0.717, 1.165) is 43.3 Å². The third-order valence-corrected chi connectivity index (χ3v) is 6.51. The molecule has 2 rings (SSSR count). The summed E-state index contributed by atoms with van der Waals surface area (Å²) in [7, 11) is -2.86. The standard InChI is InChI=1S/C14H25N3O2S2/c1-3-6-15-11-13-12(4-2)16-14(20-13)17-7-5-9-21(18,19)10-8-17/h15H,3-11H2,1-2H3. The molecule has 120 valence electrons. The van der Waals surface area contributed by atoms with Gasteiger partial charge in [-0.2, -0.15) is 0 Å². The van der Waals surface area contributed by atoms with Crippen molar-refractivity contribution >= 4 is 26.3 Å². The average Bonchev–Trinajstić information content (AvgIpc) is 2.76. The third-order valence-electron chi connectivity index (χ3n) is 3.64. The Balaban J connectivity index is 2.08. The van der Waals surface area contributed by atoms with Gasteiger partial charge in [0.25, 0.3) is 0 Å². The van der Waals surface area contributed by atoms with Crippen molar-refractivity contribution in [2.45, 2.75) is 39.7 Å². The summed E-state index contributed by atoms with van der Waals surface area (Å²) < 4.78 is 23.4. The molecule has 0 amide bonds. The first-order valence-corrected chi connectivity index (χ1v) is 10.3. The summed E-state index contributed by atoms with van der Waals surface area (Å²) in [6.45, 7) is 7.51. The van der Waals surface area contributed by atoms with Gasteiger partial charge in [0.1, 0.15) is 0 Å². The number of rotatable bonds is 6. The van der Waals surface area contributed by atoms with E-state index in [0.29, 0.717) is 18.7 Å². The lowest BCUT2D eigenvalue weighted by Gasteiger charge is -2.17. The largest absolute Gasteiger partial charge is 0.347 e. The van der Waals surface area contributed by atoms with Gasteiger partial charge in [-0.25, -0.2) is 13.4 Å². The molecular formula is C14H25N3O2S2. The van der Waals surface area contributed by atoms with E-state index in [1.165, 1.54) is 4.88 Å². The van der Waals surface area contributed by atoms with E-state index in [2.05, 4.69) is 24.1 Å². The SMILES string of the molecule is CCCNCc1sc(N2CCCS(=O)(=O)CC2)nc1CC. The molecule has 2 heterocycles. The second kappa shape index (κ2) is 7.56. The number of aryl methyl sites for hydroxylation is 1. The summed E-state index contributed by atoms with van der Waals surface area (Å²) in [6, 6.07) is 0. The van der Waals surface area contributed by atoms with Crippen LogP contribution in [0.5, 0.6) is 0 Å². The molecule has 21 heavy (non-hydrogen) atoms. The lowest BCUT2D eigenvalue weighted by Crippen LogP contribution is -2.26. The highest BCUT2D eigenvalue weighted by atomic mass is 32.2. The Kier molecular flexibility index (Phi) is 6.01. The smallest absolute Gasteiger partial charge is 0.185 e. The van der Waals surface area contributed by atoms with Gasteiger partial charge in [0.05, 0.1) is 17.2 Å². The minimum absolute atomic E-state index is 0.247. The van der Waals surface area contributed by atoms with Gasteiger partial charge in [0, 0.05) is 24.5 Å². The summed E-state index contributed by atoms with van der Waals surface area (Å²) >= 11 is 1.71. The highest BCUT2D eigenvalue weighted by molar-refractivity contribution is 7.91. The number of thiazole rings is 1. The number of nitrogens with one attached hydrogen (secondary N) is 1. The Labute approximate surface area is 131 Å². The molecule has 1 N–H and O–H groups in total. The molecule has 1 aromatic heterocycles. The van der Waals surface area contributed by atoms with Gasteiger partial charge in [0.2, 0.25) is 0 Å². The molecule has 1 aliphatic rings. The summed E-state index contributed by atoms with van der Waals surface area (Å²) in [5, 5.41) is 4.41. The number of nitrogens with zero attached hydrogens (tertiary/aromatic N) is 2. The lowest BCUT2D eigenvalue weighted by molar-refractivity contribution is 0.597. The van der Waals surface area contributed by atoms with E-state index in [1.54, 1.807) is 11.3 Å². The molecule has 0 bridgehead atoms. The van der Waals surface area contributed by atoms with Gasteiger partial charge in [-0.1, -0.05) is 13.8 Å². The molecule has 0 aliphatic carbocycles. The van der Waals surface area contributed by atoms with Crippen molar-refractivity contribution in [2.75, 3.05) is 36.0 Å². The van der Waals surface area contributed by atoms with Crippen molar-refractivity contribution in [3.63, 3.8) is 0 Å². The number of sulfone groups is 1. The summed E-state index contributed by atoms with van der Waals surface area (Å²) in [4.78, 5) is 8.15. The van der Waals surface area contributed by atoms with Crippen molar-refractivity contribution in [1.82, 2.24) is 10.3 Å². The minimum Gasteiger partial charge on any atom is -0.347 e. The van der Waals surface area contributed by atoms with Gasteiger partial charge in [-0.15, -0.1) is 11.3 Å². The van der Waals surface area contributed by atoms with Crippen molar-refractivity contribution < 1.29 is 8.42 Å². The van der Waals surface area contributed by atoms with Crippen LogP contribution in [0.15, 0.2) is 0 Å². The highest BCUT2D eigenvalue weighted by Gasteiger charge is 2.22. The number of hydrogen-bond acceptors (Lipinski definition) is 6. The zero-order chi connectivity index (χ0) is 15.3. The number of aromatic nitrogens is 1. The maximum atomic E-state index is 11.7. The van der Waals surface area contributed by atoms with Crippen LogP contribution >= 0.6 is 11.3 Å². The van der Waals surface area contributed by atoms with Crippen LogP contribution in [0.4, 0.5) is 5.13 Å². The van der Waals surface area contributed by atoms with Crippen molar-refractivity contribution in [1.29, 1.82) is 0 Å². The van der Waals surface area contributed by atoms with E-state index >= 15 is 0 Å². The molecular weight excluding hydrogens is 306 g/mol. The van der Waals surface area contributed by atoms with Crippen LogP contribution < -0.4 is 10.2 Å². The molecule has 0 saturated carbocycles. The molecule has 0 radical (unpaired) electrons. The van der Waals surface area contributed by atoms with Gasteiger partial charge < -0.3 is 10.2 Å². The Morgan fingerprint density at radius 3 is 2.81 bits per heavy atom. The van der Waals surface area contributed by atoms with Crippen LogP contribution in [0.1, 0.15) is 37.3 Å². The maximum Gasteiger partial charge on any atom is 0.185 e. The molecule has 0 unspecified atom stereocenters. The Morgan fingerprint density at radius 2 is 2.10 bits per heavy atom. The molecule has 1 aromatic rings. The monoisotopic (exact) mass is 331 g/mol. The molecule has 0 aromatic carbocycles. The topological polar surface area (TPSA) is 62.3 Å².